The van der Waals surface area contributed by atoms with Gasteiger partial charge in [-0.2, -0.15) is 0 Å². The van der Waals surface area contributed by atoms with Crippen LogP contribution >= 0.6 is 0 Å². The van der Waals surface area contributed by atoms with Gasteiger partial charge >= 0.3 is 6.03 Å². The fourth-order valence-electron chi connectivity index (χ4n) is 3.88. The van der Waals surface area contributed by atoms with E-state index in [0.717, 1.165) is 37.6 Å². The molecule has 29 heavy (non-hydrogen) atoms. The van der Waals surface area contributed by atoms with Crippen molar-refractivity contribution in [3.63, 3.8) is 0 Å². The summed E-state index contributed by atoms with van der Waals surface area (Å²) in [7, 11) is 0. The summed E-state index contributed by atoms with van der Waals surface area (Å²) in [6, 6.07) is 14.6. The Kier molecular flexibility index (Phi) is 7.87. The third kappa shape index (κ3) is 5.94. The number of nitrogens with one attached hydrogen (secondary N) is 2. The van der Waals surface area contributed by atoms with E-state index in [1.807, 2.05) is 24.4 Å². The number of hydrogen-bond donors (Lipinski definition) is 2. The third-order valence-corrected chi connectivity index (χ3v) is 5.57. The third-order valence-electron chi connectivity index (χ3n) is 5.57. The highest BCUT2D eigenvalue weighted by molar-refractivity contribution is 5.73. The highest BCUT2D eigenvalue weighted by Gasteiger charge is 2.23. The molecule has 3 rings (SSSR count). The summed E-state index contributed by atoms with van der Waals surface area (Å²) in [6.07, 6.45) is 4.29. The van der Waals surface area contributed by atoms with Crippen LogP contribution in [0.2, 0.25) is 0 Å². The van der Waals surface area contributed by atoms with Crippen molar-refractivity contribution in [1.82, 2.24) is 20.5 Å². The molecular formula is C23H33N5O. The number of pyridine rings is 1. The minimum absolute atomic E-state index is 0.141. The van der Waals surface area contributed by atoms with Crippen LogP contribution < -0.4 is 15.5 Å². The number of carbonyl (C=O) groups is 1. The van der Waals surface area contributed by atoms with Crippen LogP contribution in [0.3, 0.4) is 0 Å². The summed E-state index contributed by atoms with van der Waals surface area (Å²) in [5.74, 6) is 0.972. The zero-order chi connectivity index (χ0) is 20.5. The summed E-state index contributed by atoms with van der Waals surface area (Å²) in [4.78, 5) is 21.5. The first kappa shape index (κ1) is 21.1. The molecule has 2 aromatic rings. The fourth-order valence-corrected chi connectivity index (χ4v) is 3.88. The second-order valence-corrected chi connectivity index (χ2v) is 7.43. The first-order valence-electron chi connectivity index (χ1n) is 10.7. The van der Waals surface area contributed by atoms with Crippen molar-refractivity contribution < 1.29 is 4.79 Å². The molecule has 0 radical (unpaired) electrons. The molecule has 2 amide bonds. The molecule has 1 fully saturated rings. The first-order valence-corrected chi connectivity index (χ1v) is 10.7. The Morgan fingerprint density at radius 3 is 2.41 bits per heavy atom. The Morgan fingerprint density at radius 1 is 1.07 bits per heavy atom. The molecule has 1 atom stereocenters. The molecule has 1 saturated heterocycles. The Morgan fingerprint density at radius 2 is 1.79 bits per heavy atom. The van der Waals surface area contributed by atoms with Gasteiger partial charge in [-0.05, 0) is 57.0 Å². The molecule has 1 aliphatic heterocycles. The molecule has 2 heterocycles. The number of rotatable bonds is 9. The van der Waals surface area contributed by atoms with Crippen molar-refractivity contribution in [1.29, 1.82) is 0 Å². The van der Waals surface area contributed by atoms with Gasteiger partial charge in [0.15, 0.2) is 0 Å². The van der Waals surface area contributed by atoms with Crippen molar-refractivity contribution in [3.8, 4) is 0 Å². The van der Waals surface area contributed by atoms with Crippen LogP contribution in [-0.2, 0) is 6.54 Å². The molecule has 156 valence electrons. The molecule has 1 unspecified atom stereocenters. The van der Waals surface area contributed by atoms with Gasteiger partial charge in [0.1, 0.15) is 5.82 Å². The Hall–Kier alpha value is -2.60. The van der Waals surface area contributed by atoms with Crippen LogP contribution in [-0.4, -0.2) is 48.6 Å². The monoisotopic (exact) mass is 395 g/mol. The van der Waals surface area contributed by atoms with Crippen LogP contribution in [0.5, 0.6) is 0 Å². The number of nitrogens with zero attached hydrogens (tertiary/aromatic N) is 3. The molecule has 2 N–H and O–H groups in total. The van der Waals surface area contributed by atoms with E-state index in [1.54, 1.807) is 0 Å². The summed E-state index contributed by atoms with van der Waals surface area (Å²) >= 11 is 0. The molecule has 0 saturated carbocycles. The Labute approximate surface area is 174 Å². The zero-order valence-electron chi connectivity index (χ0n) is 17.6. The van der Waals surface area contributed by atoms with Gasteiger partial charge in [-0.3, -0.25) is 4.90 Å². The largest absolute Gasteiger partial charge is 0.357 e. The number of carbonyl (C=O) groups excluding carboxylic acids is 1. The smallest absolute Gasteiger partial charge is 0.315 e. The maximum Gasteiger partial charge on any atom is 0.315 e. The maximum absolute atomic E-state index is 12.4. The molecule has 1 aliphatic rings. The minimum atomic E-state index is -0.141. The second kappa shape index (κ2) is 10.8. The van der Waals surface area contributed by atoms with E-state index in [9.17, 15) is 4.79 Å². The predicted octanol–water partition coefficient (Wildman–Crippen LogP) is 3.56. The van der Waals surface area contributed by atoms with Gasteiger partial charge in [-0.15, -0.1) is 0 Å². The Bertz CT molecular complexity index is 740. The van der Waals surface area contributed by atoms with Crippen molar-refractivity contribution in [2.75, 3.05) is 37.6 Å². The molecule has 0 aliphatic carbocycles. The molecule has 0 bridgehead atoms. The topological polar surface area (TPSA) is 60.5 Å². The number of likely N-dealkylation sites (tertiary alicyclic amines) is 1. The van der Waals surface area contributed by atoms with Gasteiger partial charge in [0, 0.05) is 32.4 Å². The van der Waals surface area contributed by atoms with Crippen molar-refractivity contribution >= 4 is 11.8 Å². The lowest BCUT2D eigenvalue weighted by Gasteiger charge is -2.28. The standard InChI is InChI=1S/C23H33N5O/c1-3-27(4-2)22-13-12-19(16-24-22)17-25-23(29)26-18-21(28-14-8-9-15-28)20-10-6-5-7-11-20/h5-7,10-13,16,21H,3-4,8-9,14-15,17-18H2,1-2H3,(H2,25,26,29). The molecule has 1 aromatic heterocycles. The molecule has 1 aromatic carbocycles. The Balaban J connectivity index is 1.50. The summed E-state index contributed by atoms with van der Waals surface area (Å²) in [5.41, 5.74) is 2.25. The summed E-state index contributed by atoms with van der Waals surface area (Å²) in [5, 5.41) is 6.01. The van der Waals surface area contributed by atoms with Crippen LogP contribution in [0.4, 0.5) is 10.6 Å². The number of urea groups is 1. The van der Waals surface area contributed by atoms with Crippen molar-refractivity contribution in [2.24, 2.45) is 0 Å². The summed E-state index contributed by atoms with van der Waals surface area (Å²) in [6.45, 7) is 9.37. The predicted molar refractivity (Wildman–Crippen MR) is 118 cm³/mol. The number of anilines is 1. The molecular weight excluding hydrogens is 362 g/mol. The van der Waals surface area contributed by atoms with Crippen LogP contribution in [0.15, 0.2) is 48.7 Å². The fraction of sp³-hybridized carbons (Fsp3) is 0.478. The van der Waals surface area contributed by atoms with Crippen molar-refractivity contribution in [2.45, 2.75) is 39.3 Å². The van der Waals surface area contributed by atoms with Gasteiger partial charge in [0.25, 0.3) is 0 Å². The van der Waals surface area contributed by atoms with E-state index in [0.29, 0.717) is 13.1 Å². The van der Waals surface area contributed by atoms with Gasteiger partial charge < -0.3 is 15.5 Å². The molecule has 6 nitrogen and oxygen atoms in total. The van der Waals surface area contributed by atoms with Crippen LogP contribution in [0.1, 0.15) is 43.9 Å². The normalized spacial score (nSPS) is 15.1. The van der Waals surface area contributed by atoms with E-state index in [4.69, 9.17) is 0 Å². The van der Waals surface area contributed by atoms with E-state index in [-0.39, 0.29) is 12.1 Å². The van der Waals surface area contributed by atoms with E-state index >= 15 is 0 Å². The zero-order valence-corrected chi connectivity index (χ0v) is 17.6. The minimum Gasteiger partial charge on any atom is -0.357 e. The van der Waals surface area contributed by atoms with Crippen LogP contribution in [0, 0.1) is 0 Å². The molecule has 6 heteroatoms. The number of hydrogen-bond acceptors (Lipinski definition) is 4. The van der Waals surface area contributed by atoms with E-state index in [2.05, 4.69) is 63.5 Å². The maximum atomic E-state index is 12.4. The van der Waals surface area contributed by atoms with Crippen LogP contribution in [0.25, 0.3) is 0 Å². The van der Waals surface area contributed by atoms with Gasteiger partial charge in [-0.25, -0.2) is 9.78 Å². The summed E-state index contributed by atoms with van der Waals surface area (Å²) < 4.78 is 0. The second-order valence-electron chi connectivity index (χ2n) is 7.43. The van der Waals surface area contributed by atoms with Crippen molar-refractivity contribution in [3.05, 3.63) is 59.8 Å². The van der Waals surface area contributed by atoms with E-state index in [1.165, 1.54) is 18.4 Å². The van der Waals surface area contributed by atoms with E-state index < -0.39 is 0 Å². The number of benzene rings is 1. The highest BCUT2D eigenvalue weighted by Crippen LogP contribution is 2.24. The lowest BCUT2D eigenvalue weighted by Crippen LogP contribution is -2.41. The lowest BCUT2D eigenvalue weighted by atomic mass is 10.1. The lowest BCUT2D eigenvalue weighted by molar-refractivity contribution is 0.220. The van der Waals surface area contributed by atoms with Gasteiger partial charge in [0.2, 0.25) is 0 Å². The quantitative estimate of drug-likeness (QED) is 0.682. The highest BCUT2D eigenvalue weighted by atomic mass is 16.2. The molecule has 0 spiro atoms. The SMILES string of the molecule is CCN(CC)c1ccc(CNC(=O)NCC(c2ccccc2)N2CCCC2)cn1. The first-order chi connectivity index (χ1) is 14.2. The van der Waals surface area contributed by atoms with Gasteiger partial charge in [0.05, 0.1) is 6.04 Å². The number of amides is 2. The van der Waals surface area contributed by atoms with Gasteiger partial charge in [-0.1, -0.05) is 36.4 Å². The average Bonchev–Trinajstić information content (AvgIpc) is 3.29. The number of aromatic nitrogens is 1. The average molecular weight is 396 g/mol.